The van der Waals surface area contributed by atoms with Crippen molar-refractivity contribution in [2.75, 3.05) is 11.5 Å². The Morgan fingerprint density at radius 2 is 2.12 bits per heavy atom. The monoisotopic (exact) mass is 255 g/mol. The molecule has 2 unspecified atom stereocenters. The molecule has 0 amide bonds. The van der Waals surface area contributed by atoms with Crippen molar-refractivity contribution in [3.63, 3.8) is 0 Å². The predicted octanol–water partition coefficient (Wildman–Crippen LogP) is 0.810. The first-order chi connectivity index (χ1) is 8.05. The van der Waals surface area contributed by atoms with Crippen LogP contribution in [0.4, 0.5) is 0 Å². The van der Waals surface area contributed by atoms with Crippen LogP contribution in [0.25, 0.3) is 0 Å². The largest absolute Gasteiger partial charge is 0.393 e. The highest BCUT2D eigenvalue weighted by atomic mass is 32.2. The standard InChI is InChI=1S/C12H17NO3S/c14-12(7-10-1-4-13-5-2-10)8-11-3-6-17(15,16)9-11/h1-2,4-5,11-12,14H,3,6-9H2. The Morgan fingerprint density at radius 3 is 2.71 bits per heavy atom. The first-order valence-electron chi connectivity index (χ1n) is 5.82. The van der Waals surface area contributed by atoms with E-state index in [0.717, 1.165) is 5.56 Å². The zero-order chi connectivity index (χ0) is 12.3. The summed E-state index contributed by atoms with van der Waals surface area (Å²) in [5, 5.41) is 9.92. The summed E-state index contributed by atoms with van der Waals surface area (Å²) in [5.74, 6) is 0.636. The van der Waals surface area contributed by atoms with Gasteiger partial charge in [-0.05, 0) is 42.9 Å². The Balaban J connectivity index is 1.84. The van der Waals surface area contributed by atoms with Crippen LogP contribution in [0.15, 0.2) is 24.5 Å². The number of sulfone groups is 1. The molecule has 1 fully saturated rings. The van der Waals surface area contributed by atoms with Crippen LogP contribution in [0.3, 0.4) is 0 Å². The number of nitrogens with zero attached hydrogens (tertiary/aromatic N) is 1. The second-order valence-electron chi connectivity index (χ2n) is 4.72. The quantitative estimate of drug-likeness (QED) is 0.864. The van der Waals surface area contributed by atoms with Crippen LogP contribution in [-0.4, -0.2) is 36.1 Å². The number of aliphatic hydroxyl groups excluding tert-OH is 1. The van der Waals surface area contributed by atoms with Crippen molar-refractivity contribution in [2.24, 2.45) is 5.92 Å². The van der Waals surface area contributed by atoms with Gasteiger partial charge in [0.1, 0.15) is 0 Å². The third kappa shape index (κ3) is 3.78. The molecule has 4 nitrogen and oxygen atoms in total. The smallest absolute Gasteiger partial charge is 0.150 e. The summed E-state index contributed by atoms with van der Waals surface area (Å²) < 4.78 is 22.6. The number of aliphatic hydroxyl groups is 1. The van der Waals surface area contributed by atoms with Crippen LogP contribution in [0, 0.1) is 5.92 Å². The van der Waals surface area contributed by atoms with E-state index >= 15 is 0 Å². The lowest BCUT2D eigenvalue weighted by Gasteiger charge is -2.14. The predicted molar refractivity (Wildman–Crippen MR) is 65.3 cm³/mol. The van der Waals surface area contributed by atoms with Gasteiger partial charge in [-0.1, -0.05) is 0 Å². The lowest BCUT2D eigenvalue weighted by Crippen LogP contribution is -2.17. The molecule has 2 atom stereocenters. The van der Waals surface area contributed by atoms with Gasteiger partial charge in [0, 0.05) is 12.4 Å². The molecule has 0 radical (unpaired) electrons. The van der Waals surface area contributed by atoms with E-state index in [1.54, 1.807) is 12.4 Å². The van der Waals surface area contributed by atoms with Gasteiger partial charge >= 0.3 is 0 Å². The van der Waals surface area contributed by atoms with E-state index in [1.807, 2.05) is 12.1 Å². The average Bonchev–Trinajstić information content (AvgIpc) is 2.59. The van der Waals surface area contributed by atoms with Gasteiger partial charge in [-0.2, -0.15) is 0 Å². The maximum atomic E-state index is 11.3. The van der Waals surface area contributed by atoms with Crippen LogP contribution < -0.4 is 0 Å². The molecule has 1 aliphatic rings. The molecule has 94 valence electrons. The third-order valence-electron chi connectivity index (χ3n) is 3.15. The van der Waals surface area contributed by atoms with Crippen LogP contribution in [0.5, 0.6) is 0 Å². The Bertz CT molecular complexity index is 458. The fourth-order valence-electron chi connectivity index (χ4n) is 2.32. The lowest BCUT2D eigenvalue weighted by molar-refractivity contribution is 0.147. The molecule has 1 aliphatic heterocycles. The first kappa shape index (κ1) is 12.5. The van der Waals surface area contributed by atoms with E-state index < -0.39 is 15.9 Å². The molecule has 0 aromatic carbocycles. The summed E-state index contributed by atoms with van der Waals surface area (Å²) >= 11 is 0. The molecule has 1 aromatic rings. The van der Waals surface area contributed by atoms with Crippen LogP contribution in [0.2, 0.25) is 0 Å². The van der Waals surface area contributed by atoms with Crippen LogP contribution >= 0.6 is 0 Å². The zero-order valence-corrected chi connectivity index (χ0v) is 10.4. The van der Waals surface area contributed by atoms with Gasteiger partial charge in [0.15, 0.2) is 9.84 Å². The topological polar surface area (TPSA) is 67.3 Å². The van der Waals surface area contributed by atoms with Crippen molar-refractivity contribution < 1.29 is 13.5 Å². The molecule has 0 aliphatic carbocycles. The lowest BCUT2D eigenvalue weighted by atomic mass is 9.97. The summed E-state index contributed by atoms with van der Waals surface area (Å²) in [6.45, 7) is 0. The molecule has 5 heteroatoms. The van der Waals surface area contributed by atoms with Crippen molar-refractivity contribution in [1.29, 1.82) is 0 Å². The molecule has 0 spiro atoms. The highest BCUT2D eigenvalue weighted by Crippen LogP contribution is 2.23. The Kier molecular flexibility index (Phi) is 3.79. The van der Waals surface area contributed by atoms with Crippen molar-refractivity contribution in [3.05, 3.63) is 30.1 Å². The number of hydrogen-bond acceptors (Lipinski definition) is 4. The van der Waals surface area contributed by atoms with Gasteiger partial charge in [-0.3, -0.25) is 4.98 Å². The Morgan fingerprint density at radius 1 is 1.41 bits per heavy atom. The van der Waals surface area contributed by atoms with Crippen LogP contribution in [0.1, 0.15) is 18.4 Å². The van der Waals surface area contributed by atoms with Gasteiger partial charge in [0.2, 0.25) is 0 Å². The highest BCUT2D eigenvalue weighted by molar-refractivity contribution is 7.91. The Labute approximate surface area is 102 Å². The molecule has 1 aromatic heterocycles. The van der Waals surface area contributed by atoms with Gasteiger partial charge in [-0.15, -0.1) is 0 Å². The van der Waals surface area contributed by atoms with E-state index in [9.17, 15) is 13.5 Å². The van der Waals surface area contributed by atoms with Gasteiger partial charge in [0.05, 0.1) is 17.6 Å². The van der Waals surface area contributed by atoms with Crippen LogP contribution in [-0.2, 0) is 16.3 Å². The van der Waals surface area contributed by atoms with E-state index in [2.05, 4.69) is 4.98 Å². The molecular formula is C12H17NO3S. The van der Waals surface area contributed by atoms with E-state index in [0.29, 0.717) is 19.3 Å². The summed E-state index contributed by atoms with van der Waals surface area (Å²) in [6, 6.07) is 3.74. The molecule has 0 saturated carbocycles. The average molecular weight is 255 g/mol. The summed E-state index contributed by atoms with van der Waals surface area (Å²) in [7, 11) is -2.84. The highest BCUT2D eigenvalue weighted by Gasteiger charge is 2.29. The SMILES string of the molecule is O=S1(=O)CCC(CC(O)Cc2ccncc2)C1. The number of pyridine rings is 1. The van der Waals surface area contributed by atoms with Gasteiger partial charge in [0.25, 0.3) is 0 Å². The molecule has 1 saturated heterocycles. The maximum absolute atomic E-state index is 11.3. The van der Waals surface area contributed by atoms with Gasteiger partial charge < -0.3 is 5.11 Å². The number of rotatable bonds is 4. The molecular weight excluding hydrogens is 238 g/mol. The van der Waals surface area contributed by atoms with E-state index in [4.69, 9.17) is 0 Å². The summed E-state index contributed by atoms with van der Waals surface area (Å²) in [5.41, 5.74) is 1.04. The summed E-state index contributed by atoms with van der Waals surface area (Å²) in [6.07, 6.45) is 4.76. The van der Waals surface area contributed by atoms with Crippen molar-refractivity contribution in [3.8, 4) is 0 Å². The molecule has 1 N–H and O–H groups in total. The Hall–Kier alpha value is -0.940. The number of aromatic nitrogens is 1. The minimum absolute atomic E-state index is 0.122. The molecule has 2 rings (SSSR count). The normalized spacial score (nSPS) is 24.6. The zero-order valence-electron chi connectivity index (χ0n) is 9.62. The molecule has 0 bridgehead atoms. The van der Waals surface area contributed by atoms with Crippen molar-refractivity contribution in [2.45, 2.75) is 25.4 Å². The number of hydrogen-bond donors (Lipinski definition) is 1. The fourth-order valence-corrected chi connectivity index (χ4v) is 4.20. The molecule has 2 heterocycles. The van der Waals surface area contributed by atoms with Crippen molar-refractivity contribution in [1.82, 2.24) is 4.98 Å². The van der Waals surface area contributed by atoms with Crippen molar-refractivity contribution >= 4 is 9.84 Å². The third-order valence-corrected chi connectivity index (χ3v) is 4.99. The second kappa shape index (κ2) is 5.14. The van der Waals surface area contributed by atoms with Gasteiger partial charge in [-0.25, -0.2) is 8.42 Å². The minimum atomic E-state index is -2.84. The minimum Gasteiger partial charge on any atom is -0.393 e. The second-order valence-corrected chi connectivity index (χ2v) is 6.95. The first-order valence-corrected chi connectivity index (χ1v) is 7.65. The van der Waals surface area contributed by atoms with E-state index in [1.165, 1.54) is 0 Å². The fraction of sp³-hybridized carbons (Fsp3) is 0.583. The maximum Gasteiger partial charge on any atom is 0.150 e. The van der Waals surface area contributed by atoms with E-state index in [-0.39, 0.29) is 17.4 Å². The summed E-state index contributed by atoms with van der Waals surface area (Å²) in [4.78, 5) is 3.91. The molecule has 17 heavy (non-hydrogen) atoms.